The first-order valence-electron chi connectivity index (χ1n) is 2.26. The van der Waals surface area contributed by atoms with Crippen molar-refractivity contribution in [2.45, 2.75) is 6.92 Å². The fourth-order valence-corrected chi connectivity index (χ4v) is 0.563. The molecule has 0 bridgehead atoms. The van der Waals surface area contributed by atoms with Crippen LogP contribution in [0.15, 0.2) is 10.1 Å². The second-order valence-electron chi connectivity index (χ2n) is 1.43. The van der Waals surface area contributed by atoms with E-state index in [1.165, 1.54) is 0 Å². The molecule has 0 aliphatic carbocycles. The quantitative estimate of drug-likeness (QED) is 0.492. The van der Waals surface area contributed by atoms with Crippen molar-refractivity contribution in [3.63, 3.8) is 0 Å². The first kappa shape index (κ1) is 5.62. The van der Waals surface area contributed by atoms with Gasteiger partial charge in [-0.15, -0.1) is 10.5 Å². The van der Waals surface area contributed by atoms with Crippen LogP contribution in [-0.2, 0) is 0 Å². The van der Waals surface area contributed by atoms with Crippen molar-refractivity contribution < 1.29 is 0 Å². The lowest BCUT2D eigenvalue weighted by Crippen LogP contribution is -1.96. The van der Waals surface area contributed by atoms with E-state index >= 15 is 0 Å². The van der Waals surface area contributed by atoms with Gasteiger partial charge >= 0.3 is 0 Å². The van der Waals surface area contributed by atoms with Gasteiger partial charge in [0.15, 0.2) is 5.84 Å². The summed E-state index contributed by atoms with van der Waals surface area (Å²) >= 11 is 3.96. The summed E-state index contributed by atoms with van der Waals surface area (Å²) in [6.45, 7) is 1.81. The molecule has 0 unspecified atom stereocenters. The van der Waals surface area contributed by atoms with E-state index in [0.717, 1.165) is 0 Å². The van der Waals surface area contributed by atoms with E-state index in [2.05, 4.69) is 28.1 Å². The molecule has 1 rings (SSSR count). The van der Waals surface area contributed by atoms with Crippen LogP contribution in [0.2, 0.25) is 0 Å². The maximum atomic E-state index is 3.96. The largest absolute Gasteiger partial charge is 0.214 e. The Balaban J connectivity index is 2.58. The van der Waals surface area contributed by atoms with E-state index in [0.29, 0.717) is 17.4 Å². The molecule has 1 aliphatic heterocycles. The highest BCUT2D eigenvalue weighted by Crippen LogP contribution is 1.92. The highest BCUT2D eigenvalue weighted by atomic mass is 32.1. The maximum absolute atomic E-state index is 3.96. The molecule has 1 radical (unpaired) electrons. The molecule has 1 aliphatic rings. The lowest BCUT2D eigenvalue weighted by Gasteiger charge is -1.79. The van der Waals surface area contributed by atoms with Crippen molar-refractivity contribution in [2.75, 3.05) is 5.75 Å². The van der Waals surface area contributed by atoms with Gasteiger partial charge in [0, 0.05) is 0 Å². The van der Waals surface area contributed by atoms with Crippen LogP contribution in [0.5, 0.6) is 0 Å². The Labute approximate surface area is 53.3 Å². The molecule has 4 heteroatoms. The van der Waals surface area contributed by atoms with Gasteiger partial charge in [-0.05, 0) is 6.92 Å². The standard InChI is InChI=1S/C4H6N3S/c1-3-5-4(2-8)7-6-3/h8H,2H2,1H3. The van der Waals surface area contributed by atoms with E-state index in [1.807, 2.05) is 0 Å². The van der Waals surface area contributed by atoms with E-state index in [4.69, 9.17) is 0 Å². The van der Waals surface area contributed by atoms with E-state index in [9.17, 15) is 0 Å². The van der Waals surface area contributed by atoms with Crippen LogP contribution >= 0.6 is 12.6 Å². The molecule has 43 valence electrons. The topological polar surface area (TPSA) is 38.8 Å². The fraction of sp³-hybridized carbons (Fsp3) is 0.500. The Morgan fingerprint density at radius 3 is 2.62 bits per heavy atom. The van der Waals surface area contributed by atoms with Crippen molar-refractivity contribution in [2.24, 2.45) is 10.1 Å². The van der Waals surface area contributed by atoms with Crippen LogP contribution in [0.4, 0.5) is 0 Å². The van der Waals surface area contributed by atoms with Gasteiger partial charge in [-0.1, -0.05) is 0 Å². The van der Waals surface area contributed by atoms with Crippen LogP contribution in [0.3, 0.4) is 0 Å². The summed E-state index contributed by atoms with van der Waals surface area (Å²) in [5.41, 5.74) is 3.68. The average molecular weight is 128 g/mol. The number of rotatable bonds is 1. The summed E-state index contributed by atoms with van der Waals surface area (Å²) in [6.07, 6.45) is 0. The van der Waals surface area contributed by atoms with Crippen LogP contribution in [0.25, 0.3) is 0 Å². The van der Waals surface area contributed by atoms with Crippen molar-refractivity contribution in [1.82, 2.24) is 5.43 Å². The smallest absolute Gasteiger partial charge is 0.162 e. The molecular formula is C4H6N3S. The van der Waals surface area contributed by atoms with Gasteiger partial charge in [0.05, 0.1) is 5.75 Å². The van der Waals surface area contributed by atoms with Crippen LogP contribution in [0.1, 0.15) is 6.92 Å². The van der Waals surface area contributed by atoms with Crippen LogP contribution in [0, 0.1) is 0 Å². The molecule has 0 aromatic carbocycles. The molecule has 3 nitrogen and oxygen atoms in total. The van der Waals surface area contributed by atoms with Crippen molar-refractivity contribution in [3.05, 3.63) is 0 Å². The second kappa shape index (κ2) is 2.17. The number of thiol groups is 1. The third-order valence-electron chi connectivity index (χ3n) is 0.742. The van der Waals surface area contributed by atoms with Crippen LogP contribution in [-0.4, -0.2) is 17.4 Å². The van der Waals surface area contributed by atoms with Gasteiger partial charge in [-0.2, -0.15) is 12.6 Å². The number of nitrogens with zero attached hydrogens (tertiary/aromatic N) is 3. The number of amidine groups is 2. The summed E-state index contributed by atoms with van der Waals surface area (Å²) in [6, 6.07) is 0. The zero-order chi connectivity index (χ0) is 5.98. The number of hydrogen-bond acceptors (Lipinski definition) is 3. The summed E-state index contributed by atoms with van der Waals surface area (Å²) in [5.74, 6) is 1.99. The Kier molecular flexibility index (Phi) is 1.53. The second-order valence-corrected chi connectivity index (χ2v) is 1.75. The predicted molar refractivity (Wildman–Crippen MR) is 36.5 cm³/mol. The molecule has 0 atom stereocenters. The summed E-state index contributed by atoms with van der Waals surface area (Å²) in [4.78, 5) is 3.93. The first-order chi connectivity index (χ1) is 3.83. The Morgan fingerprint density at radius 1 is 1.62 bits per heavy atom. The van der Waals surface area contributed by atoms with Crippen molar-refractivity contribution in [1.29, 1.82) is 0 Å². The average Bonchev–Trinajstić information content (AvgIpc) is 2.14. The Bertz CT molecular complexity index is 149. The van der Waals surface area contributed by atoms with Gasteiger partial charge in [0.1, 0.15) is 5.84 Å². The van der Waals surface area contributed by atoms with E-state index < -0.39 is 0 Å². The molecule has 0 fully saturated rings. The predicted octanol–water partition coefficient (Wildman–Crippen LogP) is 0.266. The molecule has 0 aromatic rings. The van der Waals surface area contributed by atoms with E-state index in [-0.39, 0.29) is 0 Å². The van der Waals surface area contributed by atoms with Gasteiger partial charge < -0.3 is 0 Å². The zero-order valence-corrected chi connectivity index (χ0v) is 5.39. The monoisotopic (exact) mass is 128 g/mol. The SMILES string of the molecule is CC1=NC(CS)=N[N]1. The molecule has 0 saturated heterocycles. The first-order valence-corrected chi connectivity index (χ1v) is 2.90. The summed E-state index contributed by atoms with van der Waals surface area (Å²) < 4.78 is 0. The normalized spacial score (nSPS) is 17.2. The van der Waals surface area contributed by atoms with Crippen LogP contribution < -0.4 is 5.43 Å². The molecule has 0 N–H and O–H groups in total. The zero-order valence-electron chi connectivity index (χ0n) is 4.50. The van der Waals surface area contributed by atoms with Crippen molar-refractivity contribution >= 4 is 24.3 Å². The Morgan fingerprint density at radius 2 is 2.38 bits per heavy atom. The lowest BCUT2D eigenvalue weighted by molar-refractivity contribution is 1.03. The minimum Gasteiger partial charge on any atom is -0.214 e. The lowest BCUT2D eigenvalue weighted by atomic mass is 10.7. The molecule has 0 spiro atoms. The molecule has 8 heavy (non-hydrogen) atoms. The highest BCUT2D eigenvalue weighted by molar-refractivity contribution is 7.81. The number of aliphatic imine (C=N–C) groups is 1. The molecular weight excluding hydrogens is 122 g/mol. The van der Waals surface area contributed by atoms with Gasteiger partial charge in [-0.3, -0.25) is 0 Å². The third-order valence-corrected chi connectivity index (χ3v) is 1.03. The van der Waals surface area contributed by atoms with Crippen molar-refractivity contribution in [3.8, 4) is 0 Å². The molecule has 1 heterocycles. The number of hydrogen-bond donors (Lipinski definition) is 1. The van der Waals surface area contributed by atoms with Gasteiger partial charge in [0.2, 0.25) is 0 Å². The molecule has 0 aromatic heterocycles. The summed E-state index contributed by atoms with van der Waals surface area (Å²) in [7, 11) is 0. The molecule has 0 amide bonds. The minimum atomic E-state index is 0.570. The van der Waals surface area contributed by atoms with Gasteiger partial charge in [0.25, 0.3) is 0 Å². The fourth-order valence-electron chi connectivity index (χ4n) is 0.429. The Hall–Kier alpha value is -0.510. The third kappa shape index (κ3) is 1.01. The van der Waals surface area contributed by atoms with Gasteiger partial charge in [-0.25, -0.2) is 4.99 Å². The maximum Gasteiger partial charge on any atom is 0.162 e. The van der Waals surface area contributed by atoms with E-state index in [1.54, 1.807) is 6.92 Å². The minimum absolute atomic E-state index is 0.570. The highest BCUT2D eigenvalue weighted by Gasteiger charge is 2.03. The summed E-state index contributed by atoms with van der Waals surface area (Å²) in [5, 5.41) is 3.70. The molecule has 0 saturated carbocycles.